The van der Waals surface area contributed by atoms with Gasteiger partial charge in [-0.3, -0.25) is 4.79 Å². The van der Waals surface area contributed by atoms with Crippen LogP contribution in [0.2, 0.25) is 0 Å². The first-order chi connectivity index (χ1) is 7.84. The molecule has 0 bridgehead atoms. The minimum absolute atomic E-state index is 0.0244. The molecule has 2 heterocycles. The first kappa shape index (κ1) is 10.0. The van der Waals surface area contributed by atoms with Gasteiger partial charge < -0.3 is 4.74 Å². The number of hydrogen-bond donors (Lipinski definition) is 0. The Morgan fingerprint density at radius 3 is 2.62 bits per heavy atom. The fourth-order valence-electron chi connectivity index (χ4n) is 2.23. The van der Waals surface area contributed by atoms with Crippen LogP contribution in [-0.4, -0.2) is 23.0 Å². The highest BCUT2D eigenvalue weighted by atomic mass is 16.5. The molecule has 1 saturated carbocycles. The van der Waals surface area contributed by atoms with Gasteiger partial charge in [0.1, 0.15) is 0 Å². The molecular formula is C12H16N2O2. The SMILES string of the molecule is O=c1ccc(C2CC2)nn1C1CCOCC1. The quantitative estimate of drug-likeness (QED) is 0.758. The highest BCUT2D eigenvalue weighted by molar-refractivity contribution is 5.12. The second-order valence-electron chi connectivity index (χ2n) is 4.66. The monoisotopic (exact) mass is 220 g/mol. The molecule has 1 aliphatic heterocycles. The van der Waals surface area contributed by atoms with E-state index in [9.17, 15) is 4.79 Å². The lowest BCUT2D eigenvalue weighted by molar-refractivity contribution is 0.0646. The van der Waals surface area contributed by atoms with Crippen molar-refractivity contribution in [3.8, 4) is 0 Å². The van der Waals surface area contributed by atoms with Crippen molar-refractivity contribution in [3.63, 3.8) is 0 Å². The summed E-state index contributed by atoms with van der Waals surface area (Å²) in [7, 11) is 0. The Kier molecular flexibility index (Phi) is 2.52. The maximum Gasteiger partial charge on any atom is 0.267 e. The smallest absolute Gasteiger partial charge is 0.267 e. The maximum atomic E-state index is 11.8. The van der Waals surface area contributed by atoms with E-state index in [0.717, 1.165) is 31.7 Å². The third-order valence-corrected chi connectivity index (χ3v) is 3.38. The topological polar surface area (TPSA) is 44.1 Å². The van der Waals surface area contributed by atoms with Crippen LogP contribution in [-0.2, 0) is 4.74 Å². The molecule has 2 aliphatic rings. The third-order valence-electron chi connectivity index (χ3n) is 3.38. The van der Waals surface area contributed by atoms with E-state index >= 15 is 0 Å². The molecule has 0 radical (unpaired) electrons. The van der Waals surface area contributed by atoms with Crippen LogP contribution in [0.25, 0.3) is 0 Å². The standard InChI is InChI=1S/C12H16N2O2/c15-12-4-3-11(9-1-2-9)13-14(12)10-5-7-16-8-6-10/h3-4,9-10H,1-2,5-8H2. The molecule has 0 atom stereocenters. The first-order valence-electron chi connectivity index (χ1n) is 6.02. The van der Waals surface area contributed by atoms with Gasteiger partial charge in [0.15, 0.2) is 0 Å². The first-order valence-corrected chi connectivity index (χ1v) is 6.02. The summed E-state index contributed by atoms with van der Waals surface area (Å²) in [5.74, 6) is 0.603. The predicted molar refractivity (Wildman–Crippen MR) is 59.6 cm³/mol. The molecule has 1 aromatic heterocycles. The van der Waals surface area contributed by atoms with Gasteiger partial charge in [0, 0.05) is 25.2 Å². The Hall–Kier alpha value is -1.16. The third kappa shape index (κ3) is 1.89. The van der Waals surface area contributed by atoms with Crippen LogP contribution in [0.15, 0.2) is 16.9 Å². The predicted octanol–water partition coefficient (Wildman–Crippen LogP) is 1.47. The Labute approximate surface area is 94.2 Å². The second-order valence-corrected chi connectivity index (χ2v) is 4.66. The summed E-state index contributed by atoms with van der Waals surface area (Å²) in [5.41, 5.74) is 1.11. The minimum atomic E-state index is 0.0244. The number of hydrogen-bond acceptors (Lipinski definition) is 3. The van der Waals surface area contributed by atoms with Crippen molar-refractivity contribution >= 4 is 0 Å². The number of nitrogens with zero attached hydrogens (tertiary/aromatic N) is 2. The zero-order valence-electron chi connectivity index (χ0n) is 9.26. The Morgan fingerprint density at radius 2 is 1.94 bits per heavy atom. The van der Waals surface area contributed by atoms with Crippen LogP contribution in [0.3, 0.4) is 0 Å². The van der Waals surface area contributed by atoms with E-state index in [4.69, 9.17) is 4.74 Å². The van der Waals surface area contributed by atoms with E-state index in [1.165, 1.54) is 12.8 Å². The van der Waals surface area contributed by atoms with E-state index in [-0.39, 0.29) is 11.6 Å². The zero-order valence-corrected chi connectivity index (χ0v) is 9.26. The fourth-order valence-corrected chi connectivity index (χ4v) is 2.23. The Balaban J connectivity index is 1.91. The van der Waals surface area contributed by atoms with Crippen molar-refractivity contribution in [2.45, 2.75) is 37.6 Å². The minimum Gasteiger partial charge on any atom is -0.381 e. The lowest BCUT2D eigenvalue weighted by Crippen LogP contribution is -2.31. The number of aromatic nitrogens is 2. The van der Waals surface area contributed by atoms with Crippen LogP contribution >= 0.6 is 0 Å². The van der Waals surface area contributed by atoms with Crippen molar-refractivity contribution in [2.75, 3.05) is 13.2 Å². The molecular weight excluding hydrogens is 204 g/mol. The van der Waals surface area contributed by atoms with Crippen LogP contribution in [0.1, 0.15) is 43.3 Å². The molecule has 1 aromatic rings. The van der Waals surface area contributed by atoms with Crippen molar-refractivity contribution < 1.29 is 4.74 Å². The van der Waals surface area contributed by atoms with Crippen molar-refractivity contribution in [3.05, 3.63) is 28.2 Å². The molecule has 0 N–H and O–H groups in total. The van der Waals surface area contributed by atoms with Gasteiger partial charge in [-0.2, -0.15) is 5.10 Å². The van der Waals surface area contributed by atoms with Crippen molar-refractivity contribution in [1.29, 1.82) is 0 Å². The molecule has 0 amide bonds. The van der Waals surface area contributed by atoms with E-state index in [2.05, 4.69) is 5.10 Å². The van der Waals surface area contributed by atoms with Gasteiger partial charge in [-0.1, -0.05) is 0 Å². The summed E-state index contributed by atoms with van der Waals surface area (Å²) in [5, 5.41) is 4.51. The van der Waals surface area contributed by atoms with Crippen LogP contribution in [0.5, 0.6) is 0 Å². The summed E-state index contributed by atoms with van der Waals surface area (Å²) < 4.78 is 6.98. The van der Waals surface area contributed by atoms with Gasteiger partial charge in [0.2, 0.25) is 0 Å². The van der Waals surface area contributed by atoms with Crippen LogP contribution in [0, 0.1) is 0 Å². The lowest BCUT2D eigenvalue weighted by Gasteiger charge is -2.23. The molecule has 1 saturated heterocycles. The summed E-state index contributed by atoms with van der Waals surface area (Å²) >= 11 is 0. The molecule has 0 unspecified atom stereocenters. The molecule has 0 aromatic carbocycles. The Bertz CT molecular complexity index is 431. The van der Waals surface area contributed by atoms with Crippen molar-refractivity contribution in [1.82, 2.24) is 9.78 Å². The number of rotatable bonds is 2. The normalized spacial score (nSPS) is 22.2. The second kappa shape index (κ2) is 4.01. The summed E-state index contributed by atoms with van der Waals surface area (Å²) in [6, 6.07) is 3.78. The largest absolute Gasteiger partial charge is 0.381 e. The summed E-state index contributed by atoms with van der Waals surface area (Å²) in [6.07, 6.45) is 4.25. The average Bonchev–Trinajstić information content (AvgIpc) is 3.15. The van der Waals surface area contributed by atoms with Gasteiger partial charge in [0.25, 0.3) is 5.56 Å². The molecule has 1 aliphatic carbocycles. The van der Waals surface area contributed by atoms with Gasteiger partial charge in [-0.05, 0) is 31.7 Å². The molecule has 4 nitrogen and oxygen atoms in total. The van der Waals surface area contributed by atoms with Gasteiger partial charge in [0.05, 0.1) is 11.7 Å². The summed E-state index contributed by atoms with van der Waals surface area (Å²) in [4.78, 5) is 11.8. The molecule has 3 rings (SSSR count). The fraction of sp³-hybridized carbons (Fsp3) is 0.667. The molecule has 0 spiro atoms. The van der Waals surface area contributed by atoms with Gasteiger partial charge >= 0.3 is 0 Å². The zero-order chi connectivity index (χ0) is 11.0. The Morgan fingerprint density at radius 1 is 1.19 bits per heavy atom. The average molecular weight is 220 g/mol. The van der Waals surface area contributed by atoms with E-state index < -0.39 is 0 Å². The molecule has 16 heavy (non-hydrogen) atoms. The molecule has 2 fully saturated rings. The van der Waals surface area contributed by atoms with E-state index in [1.54, 1.807) is 10.7 Å². The lowest BCUT2D eigenvalue weighted by atomic mass is 10.1. The number of ether oxygens (including phenoxy) is 1. The maximum absolute atomic E-state index is 11.8. The highest BCUT2D eigenvalue weighted by Gasteiger charge is 2.26. The van der Waals surface area contributed by atoms with Gasteiger partial charge in [-0.25, -0.2) is 4.68 Å². The van der Waals surface area contributed by atoms with E-state index in [1.807, 2.05) is 6.07 Å². The van der Waals surface area contributed by atoms with E-state index in [0.29, 0.717) is 5.92 Å². The molecule has 86 valence electrons. The summed E-state index contributed by atoms with van der Waals surface area (Å²) in [6.45, 7) is 1.49. The highest BCUT2D eigenvalue weighted by Crippen LogP contribution is 2.38. The van der Waals surface area contributed by atoms with Crippen molar-refractivity contribution in [2.24, 2.45) is 0 Å². The van der Waals surface area contributed by atoms with Gasteiger partial charge in [-0.15, -0.1) is 0 Å². The van der Waals surface area contributed by atoms with Crippen LogP contribution in [0.4, 0.5) is 0 Å². The van der Waals surface area contributed by atoms with Crippen LogP contribution < -0.4 is 5.56 Å². The molecule has 4 heteroatoms.